The van der Waals surface area contributed by atoms with Crippen LogP contribution in [0.2, 0.25) is 0 Å². The minimum absolute atomic E-state index is 0.0943. The summed E-state index contributed by atoms with van der Waals surface area (Å²) in [6.07, 6.45) is 7.94. The summed E-state index contributed by atoms with van der Waals surface area (Å²) in [4.78, 5) is 12.4. The summed E-state index contributed by atoms with van der Waals surface area (Å²) in [7, 11) is 0. The number of amides is 1. The monoisotopic (exact) mass is 285 g/mol. The number of hydrogen-bond acceptors (Lipinski definition) is 4. The zero-order valence-corrected chi connectivity index (χ0v) is 11.8. The van der Waals surface area contributed by atoms with Crippen molar-refractivity contribution in [3.05, 3.63) is 36.9 Å². The summed E-state index contributed by atoms with van der Waals surface area (Å²) in [5, 5.41) is 10.5. The van der Waals surface area contributed by atoms with E-state index in [9.17, 15) is 4.79 Å². The average molecular weight is 285 g/mol. The lowest BCUT2D eigenvalue weighted by atomic mass is 9.82. The second-order valence-electron chi connectivity index (χ2n) is 5.59. The number of nitrogens with zero attached hydrogens (tertiary/aromatic N) is 3. The van der Waals surface area contributed by atoms with E-state index in [1.54, 1.807) is 17.2 Å². The van der Waals surface area contributed by atoms with Crippen molar-refractivity contribution >= 4 is 11.6 Å². The highest BCUT2D eigenvalue weighted by atomic mass is 16.2. The summed E-state index contributed by atoms with van der Waals surface area (Å²) in [5.74, 6) is -0.0943. The normalized spacial score (nSPS) is 17.4. The zero-order chi connectivity index (χ0) is 14.7. The SMILES string of the molecule is NC1(C(=O)Nc2cccc(-n3cnnc3)c2)CCCCC1. The van der Waals surface area contributed by atoms with Gasteiger partial charge in [-0.2, -0.15) is 0 Å². The molecule has 1 fully saturated rings. The first-order valence-electron chi connectivity index (χ1n) is 7.23. The lowest BCUT2D eigenvalue weighted by Crippen LogP contribution is -2.52. The van der Waals surface area contributed by atoms with Crippen LogP contribution in [0.4, 0.5) is 5.69 Å². The molecule has 6 nitrogen and oxygen atoms in total. The van der Waals surface area contributed by atoms with Crippen LogP contribution in [-0.4, -0.2) is 26.2 Å². The van der Waals surface area contributed by atoms with Gasteiger partial charge < -0.3 is 11.1 Å². The maximum Gasteiger partial charge on any atom is 0.244 e. The molecule has 3 N–H and O–H groups in total. The van der Waals surface area contributed by atoms with Gasteiger partial charge in [-0.3, -0.25) is 9.36 Å². The quantitative estimate of drug-likeness (QED) is 0.901. The van der Waals surface area contributed by atoms with Crippen molar-refractivity contribution in [2.75, 3.05) is 5.32 Å². The van der Waals surface area contributed by atoms with E-state index in [2.05, 4.69) is 15.5 Å². The van der Waals surface area contributed by atoms with Crippen LogP contribution in [0.25, 0.3) is 5.69 Å². The van der Waals surface area contributed by atoms with Gasteiger partial charge in [0.2, 0.25) is 5.91 Å². The largest absolute Gasteiger partial charge is 0.324 e. The van der Waals surface area contributed by atoms with Crippen molar-refractivity contribution in [1.29, 1.82) is 0 Å². The number of hydrogen-bond donors (Lipinski definition) is 2. The number of anilines is 1. The molecule has 1 heterocycles. The molecule has 1 aromatic heterocycles. The molecular weight excluding hydrogens is 266 g/mol. The first-order chi connectivity index (χ1) is 10.2. The molecule has 2 aromatic rings. The molecule has 1 aliphatic carbocycles. The molecule has 0 saturated heterocycles. The Kier molecular flexibility index (Phi) is 3.70. The van der Waals surface area contributed by atoms with Crippen molar-refractivity contribution in [3.63, 3.8) is 0 Å². The standard InChI is InChI=1S/C15H19N5O/c16-15(7-2-1-3-8-15)14(21)19-12-5-4-6-13(9-12)20-10-17-18-11-20/h4-6,9-11H,1-3,7-8,16H2,(H,19,21). The van der Waals surface area contributed by atoms with Gasteiger partial charge in [0.15, 0.2) is 0 Å². The molecule has 110 valence electrons. The highest BCUT2D eigenvalue weighted by molar-refractivity contribution is 5.98. The number of nitrogens with one attached hydrogen (secondary N) is 1. The Morgan fingerprint density at radius 3 is 2.62 bits per heavy atom. The Labute approximate surface area is 123 Å². The fourth-order valence-electron chi connectivity index (χ4n) is 2.74. The van der Waals surface area contributed by atoms with E-state index in [1.807, 2.05) is 24.3 Å². The van der Waals surface area contributed by atoms with Crippen molar-refractivity contribution in [3.8, 4) is 5.69 Å². The maximum absolute atomic E-state index is 12.4. The van der Waals surface area contributed by atoms with E-state index in [4.69, 9.17) is 5.73 Å². The third kappa shape index (κ3) is 2.95. The molecule has 3 rings (SSSR count). The summed E-state index contributed by atoms with van der Waals surface area (Å²) in [6.45, 7) is 0. The second-order valence-corrected chi connectivity index (χ2v) is 5.59. The summed E-state index contributed by atoms with van der Waals surface area (Å²) >= 11 is 0. The topological polar surface area (TPSA) is 85.8 Å². The number of benzene rings is 1. The molecule has 0 radical (unpaired) electrons. The number of rotatable bonds is 3. The van der Waals surface area contributed by atoms with Crippen molar-refractivity contribution in [2.24, 2.45) is 5.73 Å². The van der Waals surface area contributed by atoms with Crippen LogP contribution in [0.15, 0.2) is 36.9 Å². The van der Waals surface area contributed by atoms with Crippen LogP contribution in [0.3, 0.4) is 0 Å². The highest BCUT2D eigenvalue weighted by Crippen LogP contribution is 2.27. The van der Waals surface area contributed by atoms with Crippen molar-refractivity contribution in [1.82, 2.24) is 14.8 Å². The zero-order valence-electron chi connectivity index (χ0n) is 11.8. The fraction of sp³-hybridized carbons (Fsp3) is 0.400. The van der Waals surface area contributed by atoms with E-state index in [1.165, 1.54) is 0 Å². The number of carbonyl (C=O) groups excluding carboxylic acids is 1. The predicted molar refractivity (Wildman–Crippen MR) is 80.0 cm³/mol. The minimum Gasteiger partial charge on any atom is -0.324 e. The predicted octanol–water partition coefficient (Wildman–Crippen LogP) is 1.87. The molecule has 0 atom stereocenters. The smallest absolute Gasteiger partial charge is 0.244 e. The van der Waals surface area contributed by atoms with E-state index >= 15 is 0 Å². The van der Waals surface area contributed by atoms with Gasteiger partial charge in [0.1, 0.15) is 12.7 Å². The fourth-order valence-corrected chi connectivity index (χ4v) is 2.74. The molecule has 21 heavy (non-hydrogen) atoms. The number of carbonyl (C=O) groups is 1. The van der Waals surface area contributed by atoms with Gasteiger partial charge in [-0.05, 0) is 31.0 Å². The minimum atomic E-state index is -0.731. The van der Waals surface area contributed by atoms with E-state index < -0.39 is 5.54 Å². The van der Waals surface area contributed by atoms with Gasteiger partial charge in [0, 0.05) is 5.69 Å². The van der Waals surface area contributed by atoms with Gasteiger partial charge in [-0.15, -0.1) is 10.2 Å². The van der Waals surface area contributed by atoms with Gasteiger partial charge >= 0.3 is 0 Å². The molecule has 1 saturated carbocycles. The molecule has 0 bridgehead atoms. The van der Waals surface area contributed by atoms with Gasteiger partial charge in [-0.25, -0.2) is 0 Å². The highest BCUT2D eigenvalue weighted by Gasteiger charge is 2.35. The van der Waals surface area contributed by atoms with Crippen LogP contribution < -0.4 is 11.1 Å². The van der Waals surface area contributed by atoms with E-state index in [0.717, 1.165) is 43.5 Å². The molecule has 1 amide bonds. The number of aromatic nitrogens is 3. The Balaban J connectivity index is 1.76. The number of nitrogens with two attached hydrogens (primary N) is 1. The van der Waals surface area contributed by atoms with Crippen LogP contribution in [0.1, 0.15) is 32.1 Å². The molecule has 1 aromatic carbocycles. The van der Waals surface area contributed by atoms with Crippen LogP contribution in [0, 0.1) is 0 Å². The Bertz CT molecular complexity index is 617. The third-order valence-electron chi connectivity index (χ3n) is 4.02. The van der Waals surface area contributed by atoms with Gasteiger partial charge in [0.25, 0.3) is 0 Å². The van der Waals surface area contributed by atoms with E-state index in [-0.39, 0.29) is 5.91 Å². The van der Waals surface area contributed by atoms with Crippen LogP contribution >= 0.6 is 0 Å². The first kappa shape index (κ1) is 13.8. The van der Waals surface area contributed by atoms with Gasteiger partial charge in [-0.1, -0.05) is 25.3 Å². The Morgan fingerprint density at radius 1 is 1.19 bits per heavy atom. The Hall–Kier alpha value is -2.21. The summed E-state index contributed by atoms with van der Waals surface area (Å²) < 4.78 is 1.79. The molecule has 6 heteroatoms. The molecule has 0 aliphatic heterocycles. The lowest BCUT2D eigenvalue weighted by molar-refractivity contribution is -0.122. The van der Waals surface area contributed by atoms with Crippen molar-refractivity contribution < 1.29 is 4.79 Å². The summed E-state index contributed by atoms with van der Waals surface area (Å²) in [6, 6.07) is 7.55. The lowest BCUT2D eigenvalue weighted by Gasteiger charge is -2.31. The molecular formula is C15H19N5O. The van der Waals surface area contributed by atoms with Crippen molar-refractivity contribution in [2.45, 2.75) is 37.6 Å². The van der Waals surface area contributed by atoms with Crippen LogP contribution in [-0.2, 0) is 4.79 Å². The first-order valence-corrected chi connectivity index (χ1v) is 7.23. The molecule has 0 unspecified atom stereocenters. The summed E-state index contributed by atoms with van der Waals surface area (Å²) in [5.41, 5.74) is 7.15. The third-order valence-corrected chi connectivity index (χ3v) is 4.02. The van der Waals surface area contributed by atoms with Gasteiger partial charge in [0.05, 0.1) is 11.2 Å². The average Bonchev–Trinajstić information content (AvgIpc) is 3.02. The second kappa shape index (κ2) is 5.65. The maximum atomic E-state index is 12.4. The van der Waals surface area contributed by atoms with E-state index in [0.29, 0.717) is 0 Å². The Morgan fingerprint density at radius 2 is 1.90 bits per heavy atom. The molecule has 1 aliphatic rings. The van der Waals surface area contributed by atoms with Crippen LogP contribution in [0.5, 0.6) is 0 Å². The molecule has 0 spiro atoms.